The number of piperazine rings is 1. The summed E-state index contributed by atoms with van der Waals surface area (Å²) in [5.41, 5.74) is 1.23. The number of hydrogen-bond donors (Lipinski definition) is 2. The van der Waals surface area contributed by atoms with E-state index in [4.69, 9.17) is 4.74 Å². The molecule has 3 fully saturated rings. The number of aliphatic hydroxyl groups is 1. The maximum absolute atomic E-state index is 13.7. The maximum atomic E-state index is 13.7. The molecule has 2 saturated heterocycles. The number of unbranched alkanes of at least 4 members (excludes halogenated alkanes) is 1. The SMILES string of the molecule is CCCCN1C(=O)[C@@H]([C@H](O)C2CCCCC2)NC(=O)[C@H]1C1CCN(Cc2ccc(Oc3ccccc3)cc2)CC1. The fourth-order valence-corrected chi connectivity index (χ4v) is 6.76. The van der Waals surface area contributed by atoms with Crippen LogP contribution in [-0.2, 0) is 16.1 Å². The van der Waals surface area contributed by atoms with E-state index in [1.807, 2.05) is 47.4 Å². The summed E-state index contributed by atoms with van der Waals surface area (Å²) in [7, 11) is 0. The van der Waals surface area contributed by atoms with Gasteiger partial charge in [0.1, 0.15) is 23.6 Å². The summed E-state index contributed by atoms with van der Waals surface area (Å²) in [6.07, 6.45) is 8.00. The Morgan fingerprint density at radius 2 is 1.60 bits per heavy atom. The number of carbonyl (C=O) groups excluding carboxylic acids is 2. The van der Waals surface area contributed by atoms with Crippen LogP contribution in [0.2, 0.25) is 0 Å². The lowest BCUT2D eigenvalue weighted by Gasteiger charge is -2.46. The molecule has 7 heteroatoms. The Morgan fingerprint density at radius 1 is 0.925 bits per heavy atom. The summed E-state index contributed by atoms with van der Waals surface area (Å²) in [5.74, 6) is 1.70. The number of ether oxygens (including phenoxy) is 1. The normalized spacial score (nSPS) is 24.1. The number of carbonyl (C=O) groups is 2. The Balaban J connectivity index is 1.17. The number of rotatable bonds is 10. The van der Waals surface area contributed by atoms with E-state index in [-0.39, 0.29) is 23.7 Å². The van der Waals surface area contributed by atoms with Gasteiger partial charge in [0.15, 0.2) is 0 Å². The third-order valence-electron chi connectivity index (χ3n) is 9.07. The van der Waals surface area contributed by atoms with E-state index in [1.165, 1.54) is 12.0 Å². The van der Waals surface area contributed by atoms with Crippen molar-refractivity contribution in [3.63, 3.8) is 0 Å². The molecule has 40 heavy (non-hydrogen) atoms. The lowest BCUT2D eigenvalue weighted by Crippen LogP contribution is -2.69. The van der Waals surface area contributed by atoms with Gasteiger partial charge in [-0.15, -0.1) is 0 Å². The molecule has 216 valence electrons. The zero-order valence-electron chi connectivity index (χ0n) is 23.8. The van der Waals surface area contributed by atoms with Gasteiger partial charge < -0.3 is 20.1 Å². The van der Waals surface area contributed by atoms with E-state index >= 15 is 0 Å². The molecule has 0 radical (unpaired) electrons. The average molecular weight is 548 g/mol. The Labute approximate surface area is 238 Å². The smallest absolute Gasteiger partial charge is 0.248 e. The molecular weight excluding hydrogens is 502 g/mol. The molecule has 0 spiro atoms. The summed E-state index contributed by atoms with van der Waals surface area (Å²) in [6.45, 7) is 5.32. The Bertz CT molecular complexity index is 1090. The second-order valence-electron chi connectivity index (χ2n) is 11.9. The lowest BCUT2D eigenvalue weighted by molar-refractivity contribution is -0.157. The largest absolute Gasteiger partial charge is 0.457 e. The highest BCUT2D eigenvalue weighted by molar-refractivity contribution is 5.97. The Kier molecular flexibility index (Phi) is 9.76. The van der Waals surface area contributed by atoms with Gasteiger partial charge in [-0.2, -0.15) is 0 Å². The van der Waals surface area contributed by atoms with Crippen molar-refractivity contribution < 1.29 is 19.4 Å². The van der Waals surface area contributed by atoms with Crippen LogP contribution in [0.4, 0.5) is 0 Å². The minimum atomic E-state index is -0.808. The van der Waals surface area contributed by atoms with Crippen molar-refractivity contribution in [3.8, 4) is 11.5 Å². The van der Waals surface area contributed by atoms with Gasteiger partial charge in [-0.25, -0.2) is 0 Å². The molecule has 1 aliphatic carbocycles. The Hall–Kier alpha value is -2.90. The molecule has 2 aliphatic heterocycles. The average Bonchev–Trinajstić information content (AvgIpc) is 2.99. The Morgan fingerprint density at radius 3 is 2.27 bits per heavy atom. The molecule has 2 aromatic carbocycles. The quantitative estimate of drug-likeness (QED) is 0.431. The number of piperidine rings is 1. The molecule has 3 atom stereocenters. The highest BCUT2D eigenvalue weighted by atomic mass is 16.5. The van der Waals surface area contributed by atoms with E-state index in [9.17, 15) is 14.7 Å². The van der Waals surface area contributed by atoms with Crippen molar-refractivity contribution in [2.75, 3.05) is 19.6 Å². The van der Waals surface area contributed by atoms with Gasteiger partial charge in [0.05, 0.1) is 6.10 Å². The second-order valence-corrected chi connectivity index (χ2v) is 11.9. The van der Waals surface area contributed by atoms with E-state index in [2.05, 4.69) is 29.3 Å². The van der Waals surface area contributed by atoms with Gasteiger partial charge in [0.2, 0.25) is 11.8 Å². The van der Waals surface area contributed by atoms with Crippen molar-refractivity contribution in [1.82, 2.24) is 15.1 Å². The predicted molar refractivity (Wildman–Crippen MR) is 156 cm³/mol. The third-order valence-corrected chi connectivity index (χ3v) is 9.07. The van der Waals surface area contributed by atoms with Crippen molar-refractivity contribution in [1.29, 1.82) is 0 Å². The van der Waals surface area contributed by atoms with Crippen LogP contribution in [-0.4, -0.2) is 64.5 Å². The molecule has 0 bridgehead atoms. The number of hydrogen-bond acceptors (Lipinski definition) is 5. The van der Waals surface area contributed by atoms with Gasteiger partial charge in [-0.05, 0) is 86.9 Å². The second kappa shape index (κ2) is 13.6. The molecule has 2 amide bonds. The van der Waals surface area contributed by atoms with Gasteiger partial charge >= 0.3 is 0 Å². The first kappa shape index (κ1) is 28.6. The molecule has 3 aliphatic rings. The standard InChI is InChI=1S/C33H45N3O4/c1-2-3-20-36-30(32(38)34-29(33(36)39)31(37)26-10-6-4-7-11-26)25-18-21-35(22-19-25)23-24-14-16-28(17-15-24)40-27-12-8-5-9-13-27/h5,8-9,12-17,25-26,29-31,37H,2-4,6-7,10-11,18-23H2,1H3,(H,34,38)/t29-,30-,31-/m1/s1. The third kappa shape index (κ3) is 6.87. The van der Waals surface area contributed by atoms with Gasteiger partial charge in [-0.3, -0.25) is 14.5 Å². The minimum Gasteiger partial charge on any atom is -0.457 e. The zero-order chi connectivity index (χ0) is 27.9. The van der Waals surface area contributed by atoms with Crippen LogP contribution in [0, 0.1) is 11.8 Å². The lowest BCUT2D eigenvalue weighted by atomic mass is 9.80. The fourth-order valence-electron chi connectivity index (χ4n) is 6.76. The number of benzene rings is 2. The van der Waals surface area contributed by atoms with Crippen molar-refractivity contribution in [2.24, 2.45) is 11.8 Å². The highest BCUT2D eigenvalue weighted by Crippen LogP contribution is 2.32. The molecular formula is C33H45N3O4. The van der Waals surface area contributed by atoms with Gasteiger partial charge in [-0.1, -0.05) is 62.9 Å². The van der Waals surface area contributed by atoms with E-state index < -0.39 is 18.2 Å². The minimum absolute atomic E-state index is 0.0805. The van der Waals surface area contributed by atoms with Crippen LogP contribution < -0.4 is 10.1 Å². The number of likely N-dealkylation sites (tertiary alicyclic amines) is 1. The number of nitrogens with one attached hydrogen (secondary N) is 1. The van der Waals surface area contributed by atoms with E-state index in [1.54, 1.807) is 0 Å². The number of para-hydroxylation sites is 1. The summed E-state index contributed by atoms with van der Waals surface area (Å²) in [4.78, 5) is 31.5. The van der Waals surface area contributed by atoms with Crippen molar-refractivity contribution in [2.45, 2.75) is 89.4 Å². The van der Waals surface area contributed by atoms with Crippen LogP contribution in [0.5, 0.6) is 11.5 Å². The summed E-state index contributed by atoms with van der Waals surface area (Å²) >= 11 is 0. The summed E-state index contributed by atoms with van der Waals surface area (Å²) in [5, 5.41) is 14.1. The molecule has 0 unspecified atom stereocenters. The van der Waals surface area contributed by atoms with Crippen molar-refractivity contribution in [3.05, 3.63) is 60.2 Å². The maximum Gasteiger partial charge on any atom is 0.248 e. The highest BCUT2D eigenvalue weighted by Gasteiger charge is 2.48. The fraction of sp³-hybridized carbons (Fsp3) is 0.576. The molecule has 0 aromatic heterocycles. The van der Waals surface area contributed by atoms with Crippen LogP contribution in [0.3, 0.4) is 0 Å². The van der Waals surface area contributed by atoms with Crippen LogP contribution >= 0.6 is 0 Å². The van der Waals surface area contributed by atoms with Crippen LogP contribution in [0.25, 0.3) is 0 Å². The molecule has 5 rings (SSSR count). The topological polar surface area (TPSA) is 82.1 Å². The molecule has 1 saturated carbocycles. The first-order chi connectivity index (χ1) is 19.5. The van der Waals surface area contributed by atoms with Gasteiger partial charge in [0, 0.05) is 13.1 Å². The van der Waals surface area contributed by atoms with E-state index in [0.29, 0.717) is 6.54 Å². The molecule has 7 nitrogen and oxygen atoms in total. The molecule has 2 N–H and O–H groups in total. The predicted octanol–water partition coefficient (Wildman–Crippen LogP) is 5.13. The number of amides is 2. The number of nitrogens with zero attached hydrogens (tertiary/aromatic N) is 2. The summed E-state index contributed by atoms with van der Waals surface area (Å²) < 4.78 is 5.92. The molecule has 2 heterocycles. The summed E-state index contributed by atoms with van der Waals surface area (Å²) in [6, 6.07) is 16.8. The van der Waals surface area contributed by atoms with E-state index in [0.717, 1.165) is 82.5 Å². The van der Waals surface area contributed by atoms with Gasteiger partial charge in [0.25, 0.3) is 0 Å². The van der Waals surface area contributed by atoms with Crippen molar-refractivity contribution >= 4 is 11.8 Å². The number of aliphatic hydroxyl groups excluding tert-OH is 1. The monoisotopic (exact) mass is 547 g/mol. The van der Waals surface area contributed by atoms with Crippen LogP contribution in [0.1, 0.15) is 70.3 Å². The molecule has 2 aromatic rings. The first-order valence-corrected chi connectivity index (χ1v) is 15.4. The first-order valence-electron chi connectivity index (χ1n) is 15.4. The van der Waals surface area contributed by atoms with Crippen LogP contribution in [0.15, 0.2) is 54.6 Å². The zero-order valence-corrected chi connectivity index (χ0v) is 23.8.